The van der Waals surface area contributed by atoms with E-state index in [2.05, 4.69) is 36.8 Å². The first-order valence-corrected chi connectivity index (χ1v) is 7.72. The summed E-state index contributed by atoms with van der Waals surface area (Å²) in [5.74, 6) is -0.489. The zero-order chi connectivity index (χ0) is 13.6. The van der Waals surface area contributed by atoms with Crippen LogP contribution in [0.25, 0.3) is 10.9 Å². The number of benzene rings is 1. The van der Waals surface area contributed by atoms with E-state index >= 15 is 0 Å². The Morgan fingerprint density at radius 1 is 1.21 bits per heavy atom. The number of aromatic nitrogens is 1. The van der Waals surface area contributed by atoms with Crippen molar-refractivity contribution in [3.63, 3.8) is 0 Å². The highest BCUT2D eigenvalue weighted by Gasteiger charge is 2.19. The summed E-state index contributed by atoms with van der Waals surface area (Å²) in [6, 6.07) is 6.12. The Bertz CT molecular complexity index is 793. The maximum absolute atomic E-state index is 13.3. The van der Waals surface area contributed by atoms with Gasteiger partial charge in [0.05, 0.1) is 7.57 Å². The highest BCUT2D eigenvalue weighted by atomic mass is 79.9. The van der Waals surface area contributed by atoms with Gasteiger partial charge in [-0.2, -0.15) is 0 Å². The molecule has 6 heteroatoms. The van der Waals surface area contributed by atoms with Gasteiger partial charge in [0.1, 0.15) is 5.82 Å². The Balaban J connectivity index is 2.16. The maximum Gasteiger partial charge on any atom is 0.197 e. The molecule has 96 valence electrons. The van der Waals surface area contributed by atoms with Crippen LogP contribution in [-0.2, 0) is 0 Å². The lowest BCUT2D eigenvalue weighted by atomic mass is 10.1. The highest BCUT2D eigenvalue weighted by Crippen LogP contribution is 2.34. The summed E-state index contributed by atoms with van der Waals surface area (Å²) in [5, 5.41) is 0.597. The third kappa shape index (κ3) is 2.28. The molecule has 1 N–H and O–H groups in total. The van der Waals surface area contributed by atoms with E-state index < -0.39 is 0 Å². The highest BCUT2D eigenvalue weighted by molar-refractivity contribution is 9.12. The molecule has 3 aromatic rings. The summed E-state index contributed by atoms with van der Waals surface area (Å²) in [7, 11) is 0. The number of carbonyl (C=O) groups excluding carboxylic acids is 1. The molecule has 0 spiro atoms. The number of ketones is 1. The molecule has 2 nitrogen and oxygen atoms in total. The molecule has 0 fully saturated rings. The first-order chi connectivity index (χ1) is 9.06. The molecule has 0 aliphatic rings. The molecular formula is C13H6Br2FNOS. The van der Waals surface area contributed by atoms with Gasteiger partial charge in [-0.1, -0.05) is 0 Å². The molecule has 0 atom stereocenters. The lowest BCUT2D eigenvalue weighted by Gasteiger charge is -1.98. The van der Waals surface area contributed by atoms with Crippen molar-refractivity contribution < 1.29 is 9.18 Å². The molecule has 0 amide bonds. The lowest BCUT2D eigenvalue weighted by molar-refractivity contribution is 0.104. The van der Waals surface area contributed by atoms with E-state index in [4.69, 9.17) is 0 Å². The SMILES string of the molecule is O=C(c1cc(Br)sc1Br)c1c[nH]c2ccc(F)cc12. The van der Waals surface area contributed by atoms with Crippen LogP contribution in [-0.4, -0.2) is 10.8 Å². The van der Waals surface area contributed by atoms with Crippen LogP contribution in [0.3, 0.4) is 0 Å². The summed E-state index contributed by atoms with van der Waals surface area (Å²) in [5.41, 5.74) is 1.79. The van der Waals surface area contributed by atoms with E-state index in [0.717, 1.165) is 13.1 Å². The van der Waals surface area contributed by atoms with E-state index in [0.29, 0.717) is 16.5 Å². The van der Waals surface area contributed by atoms with Gasteiger partial charge >= 0.3 is 0 Å². The molecule has 0 radical (unpaired) electrons. The molecule has 2 aromatic heterocycles. The van der Waals surface area contributed by atoms with E-state index in [1.165, 1.54) is 23.5 Å². The fraction of sp³-hybridized carbons (Fsp3) is 0. The standard InChI is InChI=1S/C13H6Br2FNOS/c14-11-4-8(13(15)19-11)12(18)9-5-17-10-2-1-6(16)3-7(9)10/h1-5,17H. The number of fused-ring (bicyclic) bond motifs is 1. The summed E-state index contributed by atoms with van der Waals surface area (Å²) in [6.07, 6.45) is 1.62. The quantitative estimate of drug-likeness (QED) is 0.592. The van der Waals surface area contributed by atoms with Gasteiger partial charge in [-0.25, -0.2) is 4.39 Å². The monoisotopic (exact) mass is 401 g/mol. The molecule has 0 saturated heterocycles. The van der Waals surface area contributed by atoms with E-state index in [1.54, 1.807) is 18.3 Å². The Labute approximate surface area is 128 Å². The van der Waals surface area contributed by atoms with Gasteiger partial charge < -0.3 is 4.98 Å². The van der Waals surface area contributed by atoms with Crippen LogP contribution >= 0.6 is 43.2 Å². The van der Waals surface area contributed by atoms with Crippen molar-refractivity contribution in [2.45, 2.75) is 0 Å². The number of nitrogens with one attached hydrogen (secondary N) is 1. The van der Waals surface area contributed by atoms with Gasteiger partial charge in [-0.15, -0.1) is 11.3 Å². The maximum atomic E-state index is 13.3. The van der Waals surface area contributed by atoms with Crippen LogP contribution in [0.1, 0.15) is 15.9 Å². The largest absolute Gasteiger partial charge is 0.360 e. The fourth-order valence-corrected chi connectivity index (χ4v) is 4.71. The summed E-state index contributed by atoms with van der Waals surface area (Å²) in [6.45, 7) is 0. The molecule has 0 unspecified atom stereocenters. The minimum absolute atomic E-state index is 0.134. The number of hydrogen-bond acceptors (Lipinski definition) is 2. The first kappa shape index (κ1) is 13.0. The van der Waals surface area contributed by atoms with Gasteiger partial charge in [0.2, 0.25) is 0 Å². The number of rotatable bonds is 2. The van der Waals surface area contributed by atoms with Crippen molar-refractivity contribution in [1.82, 2.24) is 4.98 Å². The van der Waals surface area contributed by atoms with Crippen LogP contribution in [0.15, 0.2) is 38.0 Å². The van der Waals surface area contributed by atoms with Gasteiger partial charge in [-0.05, 0) is 56.1 Å². The molecule has 2 heterocycles. The fourth-order valence-electron chi connectivity index (χ4n) is 1.92. The molecule has 19 heavy (non-hydrogen) atoms. The zero-order valence-corrected chi connectivity index (χ0v) is 13.3. The van der Waals surface area contributed by atoms with Crippen LogP contribution in [0.4, 0.5) is 4.39 Å². The van der Waals surface area contributed by atoms with Crippen LogP contribution in [0.2, 0.25) is 0 Å². The number of hydrogen-bond donors (Lipinski definition) is 1. The minimum atomic E-state index is -0.355. The smallest absolute Gasteiger partial charge is 0.197 e. The average Bonchev–Trinajstić information content (AvgIpc) is 2.91. The van der Waals surface area contributed by atoms with Crippen molar-refractivity contribution in [3.05, 3.63) is 55.0 Å². The van der Waals surface area contributed by atoms with Crippen molar-refractivity contribution in [3.8, 4) is 0 Å². The number of halogens is 3. The minimum Gasteiger partial charge on any atom is -0.360 e. The Morgan fingerprint density at radius 2 is 2.00 bits per heavy atom. The van der Waals surface area contributed by atoms with Crippen molar-refractivity contribution in [1.29, 1.82) is 0 Å². The van der Waals surface area contributed by atoms with Gasteiger partial charge in [0, 0.05) is 28.2 Å². The molecule has 3 rings (SSSR count). The number of H-pyrrole nitrogens is 1. The van der Waals surface area contributed by atoms with E-state index in [-0.39, 0.29) is 11.6 Å². The number of thiophene rings is 1. The first-order valence-electron chi connectivity index (χ1n) is 5.32. The predicted octanol–water partition coefficient (Wildman–Crippen LogP) is 5.12. The van der Waals surface area contributed by atoms with Crippen LogP contribution in [0.5, 0.6) is 0 Å². The Morgan fingerprint density at radius 3 is 2.68 bits per heavy atom. The molecule has 1 aromatic carbocycles. The lowest BCUT2D eigenvalue weighted by Crippen LogP contribution is -1.99. The van der Waals surface area contributed by atoms with Crippen LogP contribution in [0, 0.1) is 5.82 Å². The predicted molar refractivity (Wildman–Crippen MR) is 81.4 cm³/mol. The van der Waals surface area contributed by atoms with Crippen molar-refractivity contribution in [2.24, 2.45) is 0 Å². The van der Waals surface area contributed by atoms with Gasteiger partial charge in [0.25, 0.3) is 0 Å². The molecule has 0 bridgehead atoms. The third-order valence-electron chi connectivity index (χ3n) is 2.79. The van der Waals surface area contributed by atoms with Crippen molar-refractivity contribution in [2.75, 3.05) is 0 Å². The second-order valence-corrected chi connectivity index (χ2v) is 7.71. The molecular weight excluding hydrogens is 397 g/mol. The second-order valence-electron chi connectivity index (χ2n) is 3.96. The average molecular weight is 403 g/mol. The normalized spacial score (nSPS) is 11.1. The Hall–Kier alpha value is -0.980. The number of aromatic amines is 1. The summed E-state index contributed by atoms with van der Waals surface area (Å²) in [4.78, 5) is 15.5. The van der Waals surface area contributed by atoms with Gasteiger partial charge in [-0.3, -0.25) is 4.79 Å². The summed E-state index contributed by atoms with van der Waals surface area (Å²) >= 11 is 8.14. The summed E-state index contributed by atoms with van der Waals surface area (Å²) < 4.78 is 14.9. The van der Waals surface area contributed by atoms with Crippen molar-refractivity contribution >= 4 is 59.9 Å². The molecule has 0 aliphatic carbocycles. The van der Waals surface area contributed by atoms with E-state index in [1.807, 2.05) is 0 Å². The molecule has 0 saturated carbocycles. The second kappa shape index (κ2) is 4.85. The topological polar surface area (TPSA) is 32.9 Å². The molecule has 0 aliphatic heterocycles. The van der Waals surface area contributed by atoms with Gasteiger partial charge in [0.15, 0.2) is 5.78 Å². The Kier molecular flexibility index (Phi) is 3.32. The third-order valence-corrected chi connectivity index (χ3v) is 5.13. The van der Waals surface area contributed by atoms with E-state index in [9.17, 15) is 9.18 Å². The number of carbonyl (C=O) groups is 1. The van der Waals surface area contributed by atoms with Crippen LogP contribution < -0.4 is 0 Å². The zero-order valence-electron chi connectivity index (χ0n) is 9.34.